The highest BCUT2D eigenvalue weighted by atomic mass is 35.5. The second-order valence-corrected chi connectivity index (χ2v) is 8.37. The van der Waals surface area contributed by atoms with E-state index in [0.717, 1.165) is 12.1 Å². The lowest BCUT2D eigenvalue weighted by Gasteiger charge is -2.50. The van der Waals surface area contributed by atoms with Gasteiger partial charge >= 0.3 is 0 Å². The summed E-state index contributed by atoms with van der Waals surface area (Å²) in [5, 5.41) is 3.54. The van der Waals surface area contributed by atoms with Crippen LogP contribution in [0.4, 0.5) is 0 Å². The number of piperazine rings is 1. The number of halogens is 2. The molecule has 3 nitrogen and oxygen atoms in total. The van der Waals surface area contributed by atoms with Gasteiger partial charge in [0.2, 0.25) is 0 Å². The number of rotatable bonds is 3. The highest BCUT2D eigenvalue weighted by molar-refractivity contribution is 5.85. The van der Waals surface area contributed by atoms with Crippen LogP contribution < -0.4 is 5.32 Å². The zero-order valence-electron chi connectivity index (χ0n) is 15.9. The van der Waals surface area contributed by atoms with Crippen LogP contribution in [-0.2, 0) is 0 Å². The Balaban J connectivity index is 0.00000144. The zero-order valence-corrected chi connectivity index (χ0v) is 17.6. The van der Waals surface area contributed by atoms with Crippen LogP contribution in [0.25, 0.3) is 0 Å². The van der Waals surface area contributed by atoms with Gasteiger partial charge in [-0.3, -0.25) is 9.80 Å². The van der Waals surface area contributed by atoms with E-state index in [-0.39, 0.29) is 24.8 Å². The monoisotopic (exact) mass is 379 g/mol. The van der Waals surface area contributed by atoms with E-state index in [0.29, 0.717) is 11.5 Å². The Bertz CT molecular complexity index is 349. The maximum absolute atomic E-state index is 3.54. The van der Waals surface area contributed by atoms with Gasteiger partial charge < -0.3 is 5.32 Å². The minimum absolute atomic E-state index is 0. The van der Waals surface area contributed by atoms with Crippen LogP contribution in [0.2, 0.25) is 0 Å². The molecule has 24 heavy (non-hydrogen) atoms. The van der Waals surface area contributed by atoms with Crippen molar-refractivity contribution in [3.05, 3.63) is 0 Å². The summed E-state index contributed by atoms with van der Waals surface area (Å²) in [4.78, 5) is 5.58. The first-order chi connectivity index (χ1) is 10.6. The van der Waals surface area contributed by atoms with Crippen molar-refractivity contribution in [1.82, 2.24) is 15.1 Å². The number of nitrogens with one attached hydrogen (secondary N) is 1. The van der Waals surface area contributed by atoms with Gasteiger partial charge in [0, 0.05) is 37.8 Å². The first kappa shape index (κ1) is 22.5. The van der Waals surface area contributed by atoms with Gasteiger partial charge in [0.05, 0.1) is 0 Å². The minimum Gasteiger partial charge on any atom is -0.317 e. The van der Waals surface area contributed by atoms with Gasteiger partial charge in [0.15, 0.2) is 0 Å². The molecule has 2 saturated heterocycles. The van der Waals surface area contributed by atoms with E-state index >= 15 is 0 Å². The highest BCUT2D eigenvalue weighted by Crippen LogP contribution is 2.44. The number of hydrogen-bond donors (Lipinski definition) is 1. The maximum Gasteiger partial charge on any atom is 0.0223 e. The van der Waals surface area contributed by atoms with Gasteiger partial charge in [-0.05, 0) is 77.3 Å². The van der Waals surface area contributed by atoms with Crippen LogP contribution in [0, 0.1) is 5.41 Å². The summed E-state index contributed by atoms with van der Waals surface area (Å²) in [6, 6.07) is 2.36. The number of piperidine rings is 1. The molecule has 3 aliphatic rings. The fourth-order valence-electron chi connectivity index (χ4n) is 5.31. The van der Waals surface area contributed by atoms with Gasteiger partial charge in [0.25, 0.3) is 0 Å². The molecule has 0 amide bonds. The van der Waals surface area contributed by atoms with Crippen LogP contribution in [0.5, 0.6) is 0 Å². The van der Waals surface area contributed by atoms with E-state index in [1.807, 2.05) is 0 Å². The van der Waals surface area contributed by atoms with Crippen molar-refractivity contribution in [2.75, 3.05) is 32.7 Å². The van der Waals surface area contributed by atoms with Crippen molar-refractivity contribution in [2.45, 2.75) is 83.8 Å². The van der Waals surface area contributed by atoms with Crippen LogP contribution in [0.1, 0.15) is 65.7 Å². The summed E-state index contributed by atoms with van der Waals surface area (Å²) in [6.07, 6.45) is 10.0. The van der Waals surface area contributed by atoms with Gasteiger partial charge in [-0.15, -0.1) is 24.8 Å². The van der Waals surface area contributed by atoms with Crippen molar-refractivity contribution in [2.24, 2.45) is 5.41 Å². The molecular weight excluding hydrogens is 341 g/mol. The SMILES string of the molecule is CCC1CN(C2CCC3(CCNCC3)CC2)CCN1C(C)C.Cl.Cl. The van der Waals surface area contributed by atoms with Crippen LogP contribution in [-0.4, -0.2) is 60.6 Å². The van der Waals surface area contributed by atoms with Gasteiger partial charge in [-0.2, -0.15) is 0 Å². The Labute approximate surface area is 162 Å². The van der Waals surface area contributed by atoms with E-state index in [1.165, 1.54) is 77.7 Å². The lowest BCUT2D eigenvalue weighted by Crippen LogP contribution is -2.58. The van der Waals surface area contributed by atoms with Crippen molar-refractivity contribution >= 4 is 24.8 Å². The van der Waals surface area contributed by atoms with E-state index in [2.05, 4.69) is 35.9 Å². The van der Waals surface area contributed by atoms with E-state index in [9.17, 15) is 0 Å². The summed E-state index contributed by atoms with van der Waals surface area (Å²) in [5.74, 6) is 0. The lowest BCUT2D eigenvalue weighted by molar-refractivity contribution is -0.000484. The molecule has 3 fully saturated rings. The summed E-state index contributed by atoms with van der Waals surface area (Å²) >= 11 is 0. The standard InChI is InChI=1S/C19H37N3.2ClH/c1-4-17-15-21(13-14-22(17)16(2)3)18-5-7-19(8-6-18)9-11-20-12-10-19;;/h16-18,20H,4-15H2,1-3H3;2*1H. The number of hydrogen-bond acceptors (Lipinski definition) is 3. The molecule has 5 heteroatoms. The molecule has 2 heterocycles. The molecule has 0 bridgehead atoms. The molecule has 0 aromatic heterocycles. The van der Waals surface area contributed by atoms with Crippen molar-refractivity contribution in [3.8, 4) is 0 Å². The largest absolute Gasteiger partial charge is 0.317 e. The topological polar surface area (TPSA) is 18.5 Å². The average Bonchev–Trinajstić information content (AvgIpc) is 2.55. The Morgan fingerprint density at radius 1 is 1.00 bits per heavy atom. The van der Waals surface area contributed by atoms with E-state index in [1.54, 1.807) is 0 Å². The van der Waals surface area contributed by atoms with Crippen molar-refractivity contribution in [3.63, 3.8) is 0 Å². The van der Waals surface area contributed by atoms with Crippen molar-refractivity contribution in [1.29, 1.82) is 0 Å². The smallest absolute Gasteiger partial charge is 0.0223 e. The molecule has 0 aromatic carbocycles. The molecule has 2 aliphatic heterocycles. The van der Waals surface area contributed by atoms with E-state index in [4.69, 9.17) is 0 Å². The second kappa shape index (κ2) is 9.97. The summed E-state index contributed by atoms with van der Waals surface area (Å²) in [6.45, 7) is 13.5. The third-order valence-corrected chi connectivity index (χ3v) is 6.89. The fourth-order valence-corrected chi connectivity index (χ4v) is 5.31. The van der Waals surface area contributed by atoms with E-state index < -0.39 is 0 Å². The Morgan fingerprint density at radius 2 is 1.62 bits per heavy atom. The number of nitrogens with zero attached hydrogens (tertiary/aromatic N) is 2. The Morgan fingerprint density at radius 3 is 2.17 bits per heavy atom. The lowest BCUT2D eigenvalue weighted by atomic mass is 9.67. The summed E-state index contributed by atoms with van der Waals surface area (Å²) in [7, 11) is 0. The highest BCUT2D eigenvalue weighted by Gasteiger charge is 2.39. The molecule has 1 unspecified atom stereocenters. The van der Waals surface area contributed by atoms with Crippen LogP contribution >= 0.6 is 24.8 Å². The molecule has 0 aromatic rings. The first-order valence-electron chi connectivity index (χ1n) is 9.84. The van der Waals surface area contributed by atoms with Crippen LogP contribution in [0.3, 0.4) is 0 Å². The molecular formula is C19H39Cl2N3. The zero-order chi connectivity index (χ0) is 15.6. The average molecular weight is 380 g/mol. The van der Waals surface area contributed by atoms with Gasteiger partial charge in [0.1, 0.15) is 0 Å². The fraction of sp³-hybridized carbons (Fsp3) is 1.00. The predicted molar refractivity (Wildman–Crippen MR) is 109 cm³/mol. The molecule has 1 aliphatic carbocycles. The Hall–Kier alpha value is 0.460. The first-order valence-corrected chi connectivity index (χ1v) is 9.84. The summed E-state index contributed by atoms with van der Waals surface area (Å²) in [5.41, 5.74) is 0.714. The van der Waals surface area contributed by atoms with Gasteiger partial charge in [-0.25, -0.2) is 0 Å². The maximum atomic E-state index is 3.54. The second-order valence-electron chi connectivity index (χ2n) is 8.37. The third-order valence-electron chi connectivity index (χ3n) is 6.89. The Kier molecular flexibility index (Phi) is 9.34. The molecule has 1 spiro atoms. The predicted octanol–water partition coefficient (Wildman–Crippen LogP) is 3.95. The molecule has 144 valence electrons. The molecule has 1 saturated carbocycles. The quantitative estimate of drug-likeness (QED) is 0.800. The molecule has 3 rings (SSSR count). The van der Waals surface area contributed by atoms with Crippen molar-refractivity contribution < 1.29 is 0 Å². The minimum atomic E-state index is 0. The molecule has 0 radical (unpaired) electrons. The summed E-state index contributed by atoms with van der Waals surface area (Å²) < 4.78 is 0. The molecule has 1 N–H and O–H groups in total. The normalized spacial score (nSPS) is 29.2. The third kappa shape index (κ3) is 5.01. The molecule has 1 atom stereocenters. The van der Waals surface area contributed by atoms with Crippen LogP contribution in [0.15, 0.2) is 0 Å². The van der Waals surface area contributed by atoms with Gasteiger partial charge in [-0.1, -0.05) is 6.92 Å².